The van der Waals surface area contributed by atoms with Gasteiger partial charge in [0.25, 0.3) is 0 Å². The van der Waals surface area contributed by atoms with Gasteiger partial charge in [0.15, 0.2) is 0 Å². The van der Waals surface area contributed by atoms with Gasteiger partial charge in [-0.05, 0) is 23.1 Å². The third-order valence-electron chi connectivity index (χ3n) is 1.72. The average molecular weight is 257 g/mol. The molecule has 78 valence electrons. The zero-order chi connectivity index (χ0) is 10.6. The lowest BCUT2D eigenvalue weighted by atomic mass is 9.99. The summed E-state index contributed by atoms with van der Waals surface area (Å²) >= 11 is 3.40. The van der Waals surface area contributed by atoms with Crippen LogP contribution in [0.25, 0.3) is 0 Å². The third-order valence-corrected chi connectivity index (χ3v) is 2.25. The molecule has 0 saturated heterocycles. The topological polar surface area (TPSA) is 9.23 Å². The van der Waals surface area contributed by atoms with E-state index in [1.807, 2.05) is 12.1 Å². The van der Waals surface area contributed by atoms with E-state index in [4.69, 9.17) is 4.74 Å². The van der Waals surface area contributed by atoms with Crippen molar-refractivity contribution in [1.29, 1.82) is 0 Å². The Morgan fingerprint density at radius 2 is 1.71 bits per heavy atom. The summed E-state index contributed by atoms with van der Waals surface area (Å²) in [5.41, 5.74) is 1.47. The second-order valence-corrected chi connectivity index (χ2v) is 5.60. The largest absolute Gasteiger partial charge is 0.376 e. The van der Waals surface area contributed by atoms with Gasteiger partial charge in [-0.3, -0.25) is 0 Å². The van der Waals surface area contributed by atoms with E-state index in [1.165, 1.54) is 5.56 Å². The highest BCUT2D eigenvalue weighted by molar-refractivity contribution is 9.10. The lowest BCUT2D eigenvalue weighted by molar-refractivity contribution is 0.0599. The first-order chi connectivity index (χ1) is 6.47. The van der Waals surface area contributed by atoms with Gasteiger partial charge in [-0.1, -0.05) is 48.8 Å². The van der Waals surface area contributed by atoms with Crippen molar-refractivity contribution in [3.8, 4) is 0 Å². The zero-order valence-electron chi connectivity index (χ0n) is 9.01. The van der Waals surface area contributed by atoms with Crippen LogP contribution in [0.1, 0.15) is 26.3 Å². The maximum atomic E-state index is 5.61. The van der Waals surface area contributed by atoms with Gasteiger partial charge >= 0.3 is 0 Å². The zero-order valence-corrected chi connectivity index (χ0v) is 10.6. The molecule has 0 atom stereocenters. The Hall–Kier alpha value is -0.340. The first-order valence-corrected chi connectivity index (χ1v) is 5.59. The van der Waals surface area contributed by atoms with Crippen LogP contribution < -0.4 is 0 Å². The van der Waals surface area contributed by atoms with E-state index in [0.29, 0.717) is 6.61 Å². The highest BCUT2D eigenvalue weighted by Crippen LogP contribution is 2.15. The van der Waals surface area contributed by atoms with Crippen LogP contribution in [0.5, 0.6) is 0 Å². The lowest BCUT2D eigenvalue weighted by Crippen LogP contribution is -2.14. The second kappa shape index (κ2) is 4.94. The van der Waals surface area contributed by atoms with Gasteiger partial charge in [-0.2, -0.15) is 0 Å². The molecular weight excluding hydrogens is 240 g/mol. The molecule has 1 aromatic rings. The standard InChI is InChI=1S/C12H17BrO/c1-12(2,3)9-14-8-10-4-6-11(13)7-5-10/h4-7H,8-9H2,1-3H3. The molecule has 0 spiro atoms. The summed E-state index contributed by atoms with van der Waals surface area (Å²) in [6, 6.07) is 8.23. The molecule has 2 heteroatoms. The van der Waals surface area contributed by atoms with Crippen LogP contribution >= 0.6 is 15.9 Å². The van der Waals surface area contributed by atoms with Gasteiger partial charge in [0, 0.05) is 4.47 Å². The van der Waals surface area contributed by atoms with Crippen molar-refractivity contribution in [1.82, 2.24) is 0 Å². The van der Waals surface area contributed by atoms with Crippen LogP contribution in [0.4, 0.5) is 0 Å². The van der Waals surface area contributed by atoms with E-state index in [-0.39, 0.29) is 5.41 Å². The van der Waals surface area contributed by atoms with Gasteiger partial charge in [0.1, 0.15) is 0 Å². The van der Waals surface area contributed by atoms with Crippen molar-refractivity contribution in [3.05, 3.63) is 34.3 Å². The monoisotopic (exact) mass is 256 g/mol. The molecule has 0 saturated carbocycles. The van der Waals surface area contributed by atoms with Crippen molar-refractivity contribution in [2.75, 3.05) is 6.61 Å². The summed E-state index contributed by atoms with van der Waals surface area (Å²) in [7, 11) is 0. The summed E-state index contributed by atoms with van der Waals surface area (Å²) < 4.78 is 6.72. The van der Waals surface area contributed by atoms with Gasteiger partial charge in [-0.15, -0.1) is 0 Å². The lowest BCUT2D eigenvalue weighted by Gasteiger charge is -2.17. The molecule has 1 aromatic carbocycles. The third kappa shape index (κ3) is 4.77. The number of hydrogen-bond acceptors (Lipinski definition) is 1. The number of ether oxygens (including phenoxy) is 1. The van der Waals surface area contributed by atoms with E-state index in [0.717, 1.165) is 11.1 Å². The fourth-order valence-corrected chi connectivity index (χ4v) is 1.32. The number of rotatable bonds is 3. The van der Waals surface area contributed by atoms with Crippen molar-refractivity contribution in [2.24, 2.45) is 5.41 Å². The molecule has 0 fully saturated rings. The summed E-state index contributed by atoms with van der Waals surface area (Å²) in [6.07, 6.45) is 0. The van der Waals surface area contributed by atoms with E-state index in [9.17, 15) is 0 Å². The highest BCUT2D eigenvalue weighted by atomic mass is 79.9. The minimum absolute atomic E-state index is 0.245. The fraction of sp³-hybridized carbons (Fsp3) is 0.500. The minimum Gasteiger partial charge on any atom is -0.376 e. The molecule has 0 amide bonds. The molecule has 0 aliphatic rings. The predicted molar refractivity (Wildman–Crippen MR) is 63.3 cm³/mol. The predicted octanol–water partition coefficient (Wildman–Crippen LogP) is 4.01. The molecule has 0 radical (unpaired) electrons. The Balaban J connectivity index is 2.35. The number of halogens is 1. The number of hydrogen-bond donors (Lipinski definition) is 0. The van der Waals surface area contributed by atoms with Crippen LogP contribution in [0.2, 0.25) is 0 Å². The molecule has 0 heterocycles. The first-order valence-electron chi connectivity index (χ1n) is 4.79. The Morgan fingerprint density at radius 1 is 1.14 bits per heavy atom. The van der Waals surface area contributed by atoms with Crippen LogP contribution in [0, 0.1) is 5.41 Å². The summed E-state index contributed by atoms with van der Waals surface area (Å²) in [5, 5.41) is 0. The van der Waals surface area contributed by atoms with Crippen molar-refractivity contribution in [2.45, 2.75) is 27.4 Å². The molecule has 0 N–H and O–H groups in total. The van der Waals surface area contributed by atoms with Crippen molar-refractivity contribution >= 4 is 15.9 Å². The van der Waals surface area contributed by atoms with E-state index in [2.05, 4.69) is 48.8 Å². The maximum absolute atomic E-state index is 5.61. The SMILES string of the molecule is CC(C)(C)COCc1ccc(Br)cc1. The molecule has 0 bridgehead atoms. The Labute approximate surface area is 94.6 Å². The molecule has 0 aliphatic heterocycles. The summed E-state index contributed by atoms with van der Waals surface area (Å²) in [5.74, 6) is 0. The molecule has 14 heavy (non-hydrogen) atoms. The molecule has 0 unspecified atom stereocenters. The number of benzene rings is 1. The molecule has 1 rings (SSSR count). The smallest absolute Gasteiger partial charge is 0.0717 e. The summed E-state index contributed by atoms with van der Waals surface area (Å²) in [4.78, 5) is 0. The molecular formula is C12H17BrO. The van der Waals surface area contributed by atoms with Gasteiger partial charge in [0.2, 0.25) is 0 Å². The van der Waals surface area contributed by atoms with E-state index in [1.54, 1.807) is 0 Å². The minimum atomic E-state index is 0.245. The Morgan fingerprint density at radius 3 is 2.21 bits per heavy atom. The van der Waals surface area contributed by atoms with Crippen LogP contribution in [-0.2, 0) is 11.3 Å². The van der Waals surface area contributed by atoms with Gasteiger partial charge in [-0.25, -0.2) is 0 Å². The van der Waals surface area contributed by atoms with Gasteiger partial charge < -0.3 is 4.74 Å². The first kappa shape index (κ1) is 11.7. The second-order valence-electron chi connectivity index (χ2n) is 4.68. The molecule has 1 nitrogen and oxygen atoms in total. The van der Waals surface area contributed by atoms with Crippen molar-refractivity contribution in [3.63, 3.8) is 0 Å². The Kier molecular flexibility index (Phi) is 4.14. The quantitative estimate of drug-likeness (QED) is 0.794. The van der Waals surface area contributed by atoms with Crippen LogP contribution in [0.15, 0.2) is 28.7 Å². The van der Waals surface area contributed by atoms with E-state index >= 15 is 0 Å². The fourth-order valence-electron chi connectivity index (χ4n) is 1.06. The van der Waals surface area contributed by atoms with Crippen molar-refractivity contribution < 1.29 is 4.74 Å². The molecule has 0 aromatic heterocycles. The average Bonchev–Trinajstić information content (AvgIpc) is 2.06. The van der Waals surface area contributed by atoms with Gasteiger partial charge in [0.05, 0.1) is 13.2 Å². The maximum Gasteiger partial charge on any atom is 0.0717 e. The van der Waals surface area contributed by atoms with E-state index < -0.39 is 0 Å². The highest BCUT2D eigenvalue weighted by Gasteiger charge is 2.09. The molecule has 0 aliphatic carbocycles. The van der Waals surface area contributed by atoms with Crippen LogP contribution in [-0.4, -0.2) is 6.61 Å². The Bertz CT molecular complexity index is 271. The summed E-state index contributed by atoms with van der Waals surface area (Å²) in [6.45, 7) is 8.02. The normalized spacial score (nSPS) is 11.7. The van der Waals surface area contributed by atoms with Crippen LogP contribution in [0.3, 0.4) is 0 Å².